The maximum atomic E-state index is 13.2. The van der Waals surface area contributed by atoms with E-state index >= 15 is 0 Å². The first-order valence-electron chi connectivity index (χ1n) is 11.4. The number of nitrogens with one attached hydrogen (secondary N) is 1. The molecule has 0 aliphatic heterocycles. The molecule has 0 heterocycles. The summed E-state index contributed by atoms with van der Waals surface area (Å²) in [5, 5.41) is 3.13. The molecule has 178 valence electrons. The van der Waals surface area contributed by atoms with E-state index in [0.29, 0.717) is 11.3 Å². The predicted octanol–water partition coefficient (Wildman–Crippen LogP) is 5.48. The van der Waals surface area contributed by atoms with Gasteiger partial charge in [0.2, 0.25) is 10.0 Å². The summed E-state index contributed by atoms with van der Waals surface area (Å²) >= 11 is 0. The fourth-order valence-corrected chi connectivity index (χ4v) is 4.79. The lowest BCUT2D eigenvalue weighted by Gasteiger charge is -2.23. The highest BCUT2D eigenvalue weighted by Crippen LogP contribution is 2.25. The van der Waals surface area contributed by atoms with Crippen LogP contribution in [0.5, 0.6) is 0 Å². The molecule has 0 aromatic heterocycles. The molecule has 0 fully saturated rings. The van der Waals surface area contributed by atoms with Crippen LogP contribution in [0.15, 0.2) is 109 Å². The minimum absolute atomic E-state index is 0.217. The van der Waals surface area contributed by atoms with Gasteiger partial charge in [0, 0.05) is 5.56 Å². The first-order chi connectivity index (χ1) is 16.8. The smallest absolute Gasteiger partial charge is 0.252 e. The van der Waals surface area contributed by atoms with E-state index in [1.807, 2.05) is 91.9 Å². The lowest BCUT2D eigenvalue weighted by molar-refractivity contribution is 0.0943. The van der Waals surface area contributed by atoms with E-state index in [1.54, 1.807) is 24.3 Å². The van der Waals surface area contributed by atoms with Gasteiger partial charge in [-0.3, -0.25) is 9.10 Å². The number of amides is 1. The molecule has 4 aromatic carbocycles. The van der Waals surface area contributed by atoms with Crippen molar-refractivity contribution >= 4 is 21.6 Å². The summed E-state index contributed by atoms with van der Waals surface area (Å²) in [6, 6.07) is 33.7. The van der Waals surface area contributed by atoms with Crippen molar-refractivity contribution < 1.29 is 13.2 Å². The van der Waals surface area contributed by atoms with Crippen LogP contribution in [0.4, 0.5) is 5.69 Å². The fraction of sp³-hybridized carbons (Fsp3) is 0.138. The van der Waals surface area contributed by atoms with E-state index in [1.165, 1.54) is 10.6 Å². The van der Waals surface area contributed by atoms with Crippen molar-refractivity contribution in [2.75, 3.05) is 10.6 Å². The van der Waals surface area contributed by atoms with Gasteiger partial charge in [-0.25, -0.2) is 8.42 Å². The highest BCUT2D eigenvalue weighted by molar-refractivity contribution is 7.92. The van der Waals surface area contributed by atoms with Crippen molar-refractivity contribution in [2.45, 2.75) is 19.5 Å². The van der Waals surface area contributed by atoms with E-state index in [9.17, 15) is 13.2 Å². The average Bonchev–Trinajstić information content (AvgIpc) is 2.87. The van der Waals surface area contributed by atoms with Gasteiger partial charge in [-0.15, -0.1) is 0 Å². The molecule has 35 heavy (non-hydrogen) atoms. The van der Waals surface area contributed by atoms with Gasteiger partial charge in [0.1, 0.15) is 0 Å². The zero-order valence-electron chi connectivity index (χ0n) is 19.8. The van der Waals surface area contributed by atoms with Crippen LogP contribution < -0.4 is 9.62 Å². The molecule has 5 nitrogen and oxygen atoms in total. The van der Waals surface area contributed by atoms with E-state index in [-0.39, 0.29) is 18.5 Å². The van der Waals surface area contributed by atoms with Gasteiger partial charge in [-0.2, -0.15) is 0 Å². The maximum Gasteiger partial charge on any atom is 0.252 e. The molecule has 0 aliphatic rings. The summed E-state index contributed by atoms with van der Waals surface area (Å²) in [5.74, 6) is -0.236. The second-order valence-corrected chi connectivity index (χ2v) is 10.4. The van der Waals surface area contributed by atoms with Crippen LogP contribution in [-0.2, 0) is 16.6 Å². The topological polar surface area (TPSA) is 66.5 Å². The van der Waals surface area contributed by atoms with Gasteiger partial charge in [0.15, 0.2) is 0 Å². The second-order valence-electron chi connectivity index (χ2n) is 8.53. The standard InChI is InChI=1S/C29H28N2O3S/c1-22-13-15-25(16-14-22)28(24-11-7-4-8-12-24)30-29(32)26-17-19-27(20-18-26)31(35(2,33)34)21-23-9-5-3-6-10-23/h3-20,28H,21H2,1-2H3,(H,30,32)/t28-/m1/s1. The van der Waals surface area contributed by atoms with Gasteiger partial charge in [-0.05, 0) is 47.9 Å². The van der Waals surface area contributed by atoms with E-state index in [4.69, 9.17) is 0 Å². The number of carbonyl (C=O) groups is 1. The van der Waals surface area contributed by atoms with Crippen LogP contribution in [0, 0.1) is 6.92 Å². The molecular formula is C29H28N2O3S. The Kier molecular flexibility index (Phi) is 7.32. The summed E-state index contributed by atoms with van der Waals surface area (Å²) in [6.45, 7) is 2.24. The van der Waals surface area contributed by atoms with Crippen LogP contribution in [-0.4, -0.2) is 20.6 Å². The molecule has 1 amide bonds. The van der Waals surface area contributed by atoms with Crippen molar-refractivity contribution in [3.63, 3.8) is 0 Å². The van der Waals surface area contributed by atoms with Crippen molar-refractivity contribution in [2.24, 2.45) is 0 Å². The summed E-state index contributed by atoms with van der Waals surface area (Å²) in [7, 11) is -3.51. The van der Waals surface area contributed by atoms with E-state index in [0.717, 1.165) is 22.3 Å². The highest BCUT2D eigenvalue weighted by atomic mass is 32.2. The van der Waals surface area contributed by atoms with Crippen LogP contribution in [0.25, 0.3) is 0 Å². The summed E-state index contributed by atoms with van der Waals surface area (Å²) in [4.78, 5) is 13.2. The second kappa shape index (κ2) is 10.6. The van der Waals surface area contributed by atoms with Crippen LogP contribution in [0.1, 0.15) is 38.7 Å². The Morgan fingerprint density at radius 3 is 1.89 bits per heavy atom. The molecule has 1 atom stereocenters. The molecular weight excluding hydrogens is 456 g/mol. The number of anilines is 1. The molecule has 0 spiro atoms. The van der Waals surface area contributed by atoms with Crippen molar-refractivity contribution in [1.82, 2.24) is 5.32 Å². The Morgan fingerprint density at radius 1 is 0.771 bits per heavy atom. The molecule has 1 N–H and O–H groups in total. The van der Waals surface area contributed by atoms with Crippen LogP contribution >= 0.6 is 0 Å². The zero-order valence-corrected chi connectivity index (χ0v) is 20.6. The number of carbonyl (C=O) groups excluding carboxylic acids is 1. The molecule has 0 aliphatic carbocycles. The molecule has 4 rings (SSSR count). The highest BCUT2D eigenvalue weighted by Gasteiger charge is 2.20. The molecule has 0 saturated carbocycles. The average molecular weight is 485 g/mol. The largest absolute Gasteiger partial charge is 0.341 e. The summed E-state index contributed by atoms with van der Waals surface area (Å²) < 4.78 is 26.3. The molecule has 0 unspecified atom stereocenters. The Labute approximate surface area is 207 Å². The number of hydrogen-bond donors (Lipinski definition) is 1. The quantitative estimate of drug-likeness (QED) is 0.360. The molecule has 0 saturated heterocycles. The number of sulfonamides is 1. The Hall–Kier alpha value is -3.90. The lowest BCUT2D eigenvalue weighted by Crippen LogP contribution is -2.30. The number of nitrogens with zero attached hydrogens (tertiary/aromatic N) is 1. The number of hydrogen-bond acceptors (Lipinski definition) is 3. The third-order valence-corrected chi connectivity index (χ3v) is 6.95. The first-order valence-corrected chi connectivity index (χ1v) is 13.2. The molecule has 6 heteroatoms. The summed E-state index contributed by atoms with van der Waals surface area (Å²) in [6.07, 6.45) is 1.18. The number of rotatable bonds is 8. The fourth-order valence-electron chi connectivity index (χ4n) is 3.91. The van der Waals surface area contributed by atoms with E-state index in [2.05, 4.69) is 5.32 Å². The number of benzene rings is 4. The van der Waals surface area contributed by atoms with E-state index < -0.39 is 10.0 Å². The molecule has 4 aromatic rings. The summed E-state index contributed by atoms with van der Waals surface area (Å²) in [5.41, 5.74) is 4.95. The zero-order chi connectivity index (χ0) is 24.8. The van der Waals surface area contributed by atoms with Crippen LogP contribution in [0.3, 0.4) is 0 Å². The van der Waals surface area contributed by atoms with Gasteiger partial charge >= 0.3 is 0 Å². The third-order valence-electron chi connectivity index (χ3n) is 5.81. The lowest BCUT2D eigenvalue weighted by atomic mass is 9.97. The third kappa shape index (κ3) is 6.16. The van der Waals surface area contributed by atoms with Crippen molar-refractivity contribution in [1.29, 1.82) is 0 Å². The predicted molar refractivity (Wildman–Crippen MR) is 141 cm³/mol. The first kappa shape index (κ1) is 24.2. The normalized spacial score (nSPS) is 12.1. The van der Waals surface area contributed by atoms with Crippen LogP contribution in [0.2, 0.25) is 0 Å². The Bertz CT molecular complexity index is 1370. The number of aryl methyl sites for hydroxylation is 1. The Morgan fingerprint density at radius 2 is 1.31 bits per heavy atom. The molecule has 0 radical (unpaired) electrons. The van der Waals surface area contributed by atoms with Gasteiger partial charge in [0.05, 0.1) is 24.5 Å². The SMILES string of the molecule is Cc1ccc([C@H](NC(=O)c2ccc(N(Cc3ccccc3)S(C)(=O)=O)cc2)c2ccccc2)cc1. The molecule has 0 bridgehead atoms. The maximum absolute atomic E-state index is 13.2. The minimum atomic E-state index is -3.51. The van der Waals surface area contributed by atoms with Crippen molar-refractivity contribution in [3.05, 3.63) is 137 Å². The van der Waals surface area contributed by atoms with Gasteiger partial charge < -0.3 is 5.32 Å². The Balaban J connectivity index is 1.57. The monoisotopic (exact) mass is 484 g/mol. The van der Waals surface area contributed by atoms with Gasteiger partial charge in [-0.1, -0.05) is 90.5 Å². The minimum Gasteiger partial charge on any atom is -0.341 e. The van der Waals surface area contributed by atoms with Gasteiger partial charge in [0.25, 0.3) is 5.91 Å². The van der Waals surface area contributed by atoms with Crippen molar-refractivity contribution in [3.8, 4) is 0 Å².